The first-order valence-electron chi connectivity index (χ1n) is 11.2. The predicted molar refractivity (Wildman–Crippen MR) is 135 cm³/mol. The van der Waals surface area contributed by atoms with Crippen molar-refractivity contribution in [3.05, 3.63) is 118 Å². The summed E-state index contributed by atoms with van der Waals surface area (Å²) in [7, 11) is 2.05. The summed E-state index contributed by atoms with van der Waals surface area (Å²) in [5, 5.41) is 19.3. The van der Waals surface area contributed by atoms with E-state index in [-0.39, 0.29) is 5.69 Å². The lowest BCUT2D eigenvalue weighted by molar-refractivity contribution is -0.384. The average molecular weight is 460 g/mol. The van der Waals surface area contributed by atoms with Crippen LogP contribution in [0.5, 0.6) is 5.75 Å². The Balaban J connectivity index is 1.34. The molecular weight excluding hydrogens is 440 g/mol. The number of rotatable bonds is 3. The molecule has 35 heavy (non-hydrogen) atoms. The van der Waals surface area contributed by atoms with E-state index < -0.39 is 10.6 Å². The SMILES string of the molecule is CN1c2ccccc2-c2ccccc2C12C=Cc1cc(N=Nc3ccc([N+](=O)[O-])cc3)ccc1O2. The summed E-state index contributed by atoms with van der Waals surface area (Å²) in [5.74, 6) is 0.753. The monoisotopic (exact) mass is 460 g/mol. The van der Waals surface area contributed by atoms with Crippen molar-refractivity contribution < 1.29 is 9.66 Å². The number of fused-ring (bicyclic) bond motifs is 5. The number of para-hydroxylation sites is 1. The Labute approximate surface area is 201 Å². The van der Waals surface area contributed by atoms with Crippen LogP contribution in [0.2, 0.25) is 0 Å². The first-order valence-corrected chi connectivity index (χ1v) is 11.2. The molecule has 1 spiro atoms. The lowest BCUT2D eigenvalue weighted by Gasteiger charge is -2.47. The highest BCUT2D eigenvalue weighted by Gasteiger charge is 2.44. The number of nitro benzene ring substituents is 1. The van der Waals surface area contributed by atoms with Gasteiger partial charge in [-0.1, -0.05) is 42.5 Å². The number of likely N-dealkylation sites (N-methyl/N-ethyl adjacent to an activating group) is 1. The zero-order valence-corrected chi connectivity index (χ0v) is 18.8. The number of hydrogen-bond donors (Lipinski definition) is 0. The molecule has 2 aliphatic rings. The molecule has 4 aromatic rings. The molecule has 0 aromatic heterocycles. The van der Waals surface area contributed by atoms with Crippen LogP contribution in [-0.4, -0.2) is 12.0 Å². The Morgan fingerprint density at radius 3 is 2.34 bits per heavy atom. The maximum absolute atomic E-state index is 10.8. The number of non-ortho nitro benzene ring substituents is 1. The quantitative estimate of drug-likeness (QED) is 0.181. The van der Waals surface area contributed by atoms with Gasteiger partial charge in [-0.25, -0.2) is 0 Å². The van der Waals surface area contributed by atoms with Gasteiger partial charge in [-0.3, -0.25) is 10.1 Å². The summed E-state index contributed by atoms with van der Waals surface area (Å²) in [6.07, 6.45) is 4.15. The molecule has 0 saturated carbocycles. The summed E-state index contributed by atoms with van der Waals surface area (Å²) in [6.45, 7) is 0. The summed E-state index contributed by atoms with van der Waals surface area (Å²) in [6, 6.07) is 28.3. The van der Waals surface area contributed by atoms with Crippen LogP contribution in [-0.2, 0) is 5.72 Å². The highest BCUT2D eigenvalue weighted by Crippen LogP contribution is 2.50. The van der Waals surface area contributed by atoms with Crippen LogP contribution in [0.3, 0.4) is 0 Å². The van der Waals surface area contributed by atoms with Crippen molar-refractivity contribution in [2.24, 2.45) is 10.2 Å². The Morgan fingerprint density at radius 2 is 1.54 bits per heavy atom. The van der Waals surface area contributed by atoms with E-state index in [4.69, 9.17) is 4.74 Å². The number of hydrogen-bond acceptors (Lipinski definition) is 6. The van der Waals surface area contributed by atoms with Gasteiger partial charge in [0.25, 0.3) is 5.69 Å². The third-order valence-electron chi connectivity index (χ3n) is 6.46. The van der Waals surface area contributed by atoms with E-state index in [1.165, 1.54) is 17.7 Å². The predicted octanol–water partition coefficient (Wildman–Crippen LogP) is 7.39. The van der Waals surface area contributed by atoms with Gasteiger partial charge in [-0.15, -0.1) is 0 Å². The molecule has 0 fully saturated rings. The number of ether oxygens (including phenoxy) is 1. The third-order valence-corrected chi connectivity index (χ3v) is 6.46. The fraction of sp³-hybridized carbons (Fsp3) is 0.0714. The fourth-order valence-electron chi connectivity index (χ4n) is 4.69. The second kappa shape index (κ2) is 7.92. The molecule has 2 aliphatic heterocycles. The molecule has 0 N–H and O–H groups in total. The summed E-state index contributed by atoms with van der Waals surface area (Å²) >= 11 is 0. The van der Waals surface area contributed by atoms with Crippen molar-refractivity contribution in [2.45, 2.75) is 5.72 Å². The molecule has 4 aromatic carbocycles. The topological polar surface area (TPSA) is 80.3 Å². The van der Waals surface area contributed by atoms with Gasteiger partial charge in [0, 0.05) is 41.6 Å². The van der Waals surface area contributed by atoms with Gasteiger partial charge in [-0.2, -0.15) is 10.2 Å². The molecule has 1 atom stereocenters. The molecule has 7 heteroatoms. The van der Waals surface area contributed by atoms with Crippen LogP contribution in [0.4, 0.5) is 22.7 Å². The lowest BCUT2D eigenvalue weighted by Crippen LogP contribution is -2.50. The van der Waals surface area contributed by atoms with E-state index in [2.05, 4.69) is 70.7 Å². The highest BCUT2D eigenvalue weighted by molar-refractivity contribution is 5.87. The smallest absolute Gasteiger partial charge is 0.269 e. The molecule has 6 rings (SSSR count). The molecule has 7 nitrogen and oxygen atoms in total. The highest BCUT2D eigenvalue weighted by atomic mass is 16.6. The molecule has 0 saturated heterocycles. The third kappa shape index (κ3) is 3.36. The average Bonchev–Trinajstić information content (AvgIpc) is 2.91. The summed E-state index contributed by atoms with van der Waals surface area (Å²) in [5.41, 5.74) is 5.89. The minimum absolute atomic E-state index is 0.0193. The van der Waals surface area contributed by atoms with Crippen LogP contribution < -0.4 is 9.64 Å². The molecule has 0 bridgehead atoms. The largest absolute Gasteiger partial charge is 0.459 e. The molecule has 2 heterocycles. The van der Waals surface area contributed by atoms with E-state index in [0.717, 1.165) is 28.1 Å². The summed E-state index contributed by atoms with van der Waals surface area (Å²) < 4.78 is 6.71. The van der Waals surface area contributed by atoms with Crippen LogP contribution >= 0.6 is 0 Å². The lowest BCUT2D eigenvalue weighted by atomic mass is 9.84. The van der Waals surface area contributed by atoms with E-state index in [0.29, 0.717) is 11.4 Å². The molecule has 0 radical (unpaired) electrons. The number of benzene rings is 4. The zero-order valence-electron chi connectivity index (χ0n) is 18.8. The van der Waals surface area contributed by atoms with Gasteiger partial charge < -0.3 is 9.64 Å². The van der Waals surface area contributed by atoms with E-state index in [1.807, 2.05) is 30.3 Å². The Hall–Kier alpha value is -4.78. The molecular formula is C28H20N4O3. The van der Waals surface area contributed by atoms with Crippen molar-refractivity contribution in [2.75, 3.05) is 11.9 Å². The standard InChI is InChI=1S/C28H20N4O3/c1-31-26-9-5-3-7-24(26)23-6-2-4-8-25(23)28(31)17-16-19-18-21(12-15-27(19)35-28)30-29-20-10-13-22(14-11-20)32(33)34/h2-18H,1H3. The van der Waals surface area contributed by atoms with Gasteiger partial charge in [-0.05, 0) is 54.1 Å². The van der Waals surface area contributed by atoms with Gasteiger partial charge in [0.15, 0.2) is 0 Å². The van der Waals surface area contributed by atoms with Crippen LogP contribution in [0.1, 0.15) is 11.1 Å². The van der Waals surface area contributed by atoms with Crippen molar-refractivity contribution in [1.82, 2.24) is 0 Å². The zero-order chi connectivity index (χ0) is 24.0. The van der Waals surface area contributed by atoms with Crippen molar-refractivity contribution in [1.29, 1.82) is 0 Å². The van der Waals surface area contributed by atoms with E-state index >= 15 is 0 Å². The fourth-order valence-corrected chi connectivity index (χ4v) is 4.69. The van der Waals surface area contributed by atoms with E-state index in [1.54, 1.807) is 12.1 Å². The Morgan fingerprint density at radius 1 is 0.857 bits per heavy atom. The maximum Gasteiger partial charge on any atom is 0.269 e. The van der Waals surface area contributed by atoms with Crippen molar-refractivity contribution in [3.63, 3.8) is 0 Å². The van der Waals surface area contributed by atoms with Crippen LogP contribution in [0.25, 0.3) is 17.2 Å². The second-order valence-corrected chi connectivity index (χ2v) is 8.45. The molecule has 1 unspecified atom stereocenters. The maximum atomic E-state index is 10.8. The van der Waals surface area contributed by atoms with E-state index in [9.17, 15) is 10.1 Å². The number of nitro groups is 1. The minimum Gasteiger partial charge on any atom is -0.459 e. The van der Waals surface area contributed by atoms with Crippen molar-refractivity contribution >= 4 is 28.8 Å². The number of nitrogens with zero attached hydrogens (tertiary/aromatic N) is 4. The number of anilines is 1. The van der Waals surface area contributed by atoms with Gasteiger partial charge in [0.05, 0.1) is 16.3 Å². The number of azo groups is 1. The summed E-state index contributed by atoms with van der Waals surface area (Å²) in [4.78, 5) is 12.6. The van der Waals surface area contributed by atoms with Gasteiger partial charge in [0.1, 0.15) is 5.75 Å². The Bertz CT molecular complexity index is 1530. The first-order chi connectivity index (χ1) is 17.0. The van der Waals surface area contributed by atoms with Crippen molar-refractivity contribution in [3.8, 4) is 16.9 Å². The molecule has 0 amide bonds. The van der Waals surface area contributed by atoms with Gasteiger partial charge >= 0.3 is 0 Å². The van der Waals surface area contributed by atoms with Crippen LogP contribution in [0.15, 0.2) is 107 Å². The van der Waals surface area contributed by atoms with Gasteiger partial charge in [0.2, 0.25) is 5.72 Å². The normalized spacial score (nSPS) is 17.6. The Kier molecular flexibility index (Phi) is 4.70. The molecule has 170 valence electrons. The first kappa shape index (κ1) is 20.8. The molecule has 0 aliphatic carbocycles. The van der Waals surface area contributed by atoms with Crippen LogP contribution in [0, 0.1) is 10.1 Å². The minimum atomic E-state index is -0.764. The second-order valence-electron chi connectivity index (χ2n) is 8.45.